The second kappa shape index (κ2) is 6.83. The Labute approximate surface area is 137 Å². The summed E-state index contributed by atoms with van der Waals surface area (Å²) in [5, 5.41) is 3.72. The standard InChI is InChI=1S/C12H15BrCl2N2O2S/c13-9-1-2-10(12(15)11(9)14)17-20(18,19)7-8-3-5-16-6-4-8/h1-2,8,16-17H,3-7H2. The molecule has 0 unspecified atom stereocenters. The molecule has 1 aliphatic heterocycles. The smallest absolute Gasteiger partial charge is 0.233 e. The van der Waals surface area contributed by atoms with Crippen LogP contribution in [0.3, 0.4) is 0 Å². The molecule has 1 aromatic rings. The van der Waals surface area contributed by atoms with Gasteiger partial charge in [-0.1, -0.05) is 23.2 Å². The molecule has 1 saturated heterocycles. The van der Waals surface area contributed by atoms with Crippen LogP contribution in [-0.4, -0.2) is 27.3 Å². The molecule has 1 heterocycles. The quantitative estimate of drug-likeness (QED) is 0.759. The number of benzene rings is 1. The van der Waals surface area contributed by atoms with Gasteiger partial charge >= 0.3 is 0 Å². The van der Waals surface area contributed by atoms with Crippen LogP contribution in [0.5, 0.6) is 0 Å². The molecule has 1 fully saturated rings. The molecular formula is C12H15BrCl2N2O2S. The Morgan fingerprint density at radius 3 is 2.55 bits per heavy atom. The van der Waals surface area contributed by atoms with Crippen molar-refractivity contribution in [1.82, 2.24) is 5.32 Å². The molecule has 0 aliphatic carbocycles. The molecule has 2 N–H and O–H groups in total. The second-order valence-electron chi connectivity index (χ2n) is 4.80. The maximum Gasteiger partial charge on any atom is 0.233 e. The van der Waals surface area contributed by atoms with Gasteiger partial charge in [0.1, 0.15) is 0 Å². The fraction of sp³-hybridized carbons (Fsp3) is 0.500. The average Bonchev–Trinajstić information content (AvgIpc) is 2.40. The predicted octanol–water partition coefficient (Wildman–Crippen LogP) is 3.50. The molecule has 0 radical (unpaired) electrons. The number of sulfonamides is 1. The lowest BCUT2D eigenvalue weighted by molar-refractivity contribution is 0.402. The van der Waals surface area contributed by atoms with Gasteiger partial charge in [0.25, 0.3) is 0 Å². The third-order valence-corrected chi connectivity index (χ3v) is 6.43. The van der Waals surface area contributed by atoms with Crippen molar-refractivity contribution >= 4 is 54.8 Å². The average molecular weight is 402 g/mol. The zero-order chi connectivity index (χ0) is 14.8. The van der Waals surface area contributed by atoms with Gasteiger partial charge in [-0.3, -0.25) is 4.72 Å². The monoisotopic (exact) mass is 400 g/mol. The number of rotatable bonds is 4. The van der Waals surface area contributed by atoms with Crippen molar-refractivity contribution in [3.8, 4) is 0 Å². The highest BCUT2D eigenvalue weighted by Crippen LogP contribution is 2.36. The molecule has 0 aromatic heterocycles. The Bertz CT molecular complexity index is 589. The lowest BCUT2D eigenvalue weighted by Gasteiger charge is -2.22. The van der Waals surface area contributed by atoms with Crippen molar-refractivity contribution in [2.45, 2.75) is 12.8 Å². The maximum absolute atomic E-state index is 12.2. The van der Waals surface area contributed by atoms with Crippen molar-refractivity contribution in [2.24, 2.45) is 5.92 Å². The Morgan fingerprint density at radius 2 is 1.90 bits per heavy atom. The number of anilines is 1. The second-order valence-corrected chi connectivity index (χ2v) is 8.18. The van der Waals surface area contributed by atoms with Gasteiger partial charge < -0.3 is 5.32 Å². The first-order valence-electron chi connectivity index (χ1n) is 6.24. The fourth-order valence-electron chi connectivity index (χ4n) is 2.17. The summed E-state index contributed by atoms with van der Waals surface area (Å²) in [5.74, 6) is 0.289. The molecule has 1 aromatic carbocycles. The Morgan fingerprint density at radius 1 is 1.25 bits per heavy atom. The molecule has 20 heavy (non-hydrogen) atoms. The van der Waals surface area contributed by atoms with Crippen LogP contribution in [0, 0.1) is 5.92 Å². The minimum Gasteiger partial charge on any atom is -0.317 e. The van der Waals surface area contributed by atoms with E-state index < -0.39 is 10.0 Å². The van der Waals surface area contributed by atoms with Gasteiger partial charge in [0.2, 0.25) is 10.0 Å². The summed E-state index contributed by atoms with van der Waals surface area (Å²) in [6.07, 6.45) is 1.74. The van der Waals surface area contributed by atoms with Crippen LogP contribution in [0.1, 0.15) is 12.8 Å². The maximum atomic E-state index is 12.2. The molecule has 0 spiro atoms. The lowest BCUT2D eigenvalue weighted by Crippen LogP contribution is -2.33. The molecule has 112 valence electrons. The Kier molecular flexibility index (Phi) is 5.59. The SMILES string of the molecule is O=S(=O)(CC1CCNCC1)Nc1ccc(Br)c(Cl)c1Cl. The lowest BCUT2D eigenvalue weighted by atomic mass is 10.0. The normalized spacial score (nSPS) is 17.1. The third-order valence-electron chi connectivity index (χ3n) is 3.21. The van der Waals surface area contributed by atoms with E-state index in [4.69, 9.17) is 23.2 Å². The highest BCUT2D eigenvalue weighted by atomic mass is 79.9. The van der Waals surface area contributed by atoms with Crippen molar-refractivity contribution in [3.05, 3.63) is 26.7 Å². The summed E-state index contributed by atoms with van der Waals surface area (Å²) in [7, 11) is -3.42. The van der Waals surface area contributed by atoms with Gasteiger partial charge in [0.15, 0.2) is 0 Å². The summed E-state index contributed by atoms with van der Waals surface area (Å²) in [4.78, 5) is 0. The molecule has 8 heteroatoms. The number of hydrogen-bond donors (Lipinski definition) is 2. The number of nitrogens with one attached hydrogen (secondary N) is 2. The van der Waals surface area contributed by atoms with E-state index in [0.717, 1.165) is 25.9 Å². The summed E-state index contributed by atoms with van der Waals surface area (Å²) in [5.41, 5.74) is 0.314. The summed E-state index contributed by atoms with van der Waals surface area (Å²) < 4.78 is 27.5. The minimum absolute atomic E-state index is 0.110. The van der Waals surface area contributed by atoms with E-state index in [1.165, 1.54) is 0 Å². The molecular weight excluding hydrogens is 387 g/mol. The van der Waals surface area contributed by atoms with E-state index in [2.05, 4.69) is 26.0 Å². The van der Waals surface area contributed by atoms with Crippen molar-refractivity contribution < 1.29 is 8.42 Å². The molecule has 0 atom stereocenters. The van der Waals surface area contributed by atoms with E-state index in [1.807, 2.05) is 0 Å². The summed E-state index contributed by atoms with van der Waals surface area (Å²) in [6.45, 7) is 1.73. The summed E-state index contributed by atoms with van der Waals surface area (Å²) >= 11 is 15.3. The first-order valence-corrected chi connectivity index (χ1v) is 9.44. The van der Waals surface area contributed by atoms with Crippen molar-refractivity contribution in [3.63, 3.8) is 0 Å². The molecule has 0 amide bonds. The predicted molar refractivity (Wildman–Crippen MR) is 87.2 cm³/mol. The van der Waals surface area contributed by atoms with E-state index in [0.29, 0.717) is 15.2 Å². The van der Waals surface area contributed by atoms with Crippen LogP contribution in [0.4, 0.5) is 5.69 Å². The van der Waals surface area contributed by atoms with Gasteiger partial charge in [-0.25, -0.2) is 8.42 Å². The first kappa shape index (κ1) is 16.4. The Hall–Kier alpha value is -0.0100. The van der Waals surface area contributed by atoms with E-state index >= 15 is 0 Å². The molecule has 4 nitrogen and oxygen atoms in total. The van der Waals surface area contributed by atoms with Crippen molar-refractivity contribution in [2.75, 3.05) is 23.6 Å². The van der Waals surface area contributed by atoms with Gasteiger partial charge in [-0.2, -0.15) is 0 Å². The Balaban J connectivity index is 2.10. The molecule has 0 saturated carbocycles. The zero-order valence-electron chi connectivity index (χ0n) is 10.6. The van der Waals surface area contributed by atoms with Gasteiger partial charge in [-0.15, -0.1) is 0 Å². The number of hydrogen-bond acceptors (Lipinski definition) is 3. The van der Waals surface area contributed by atoms with Gasteiger partial charge in [-0.05, 0) is 59.9 Å². The summed E-state index contributed by atoms with van der Waals surface area (Å²) in [6, 6.07) is 3.26. The fourth-order valence-corrected chi connectivity index (χ4v) is 4.59. The highest BCUT2D eigenvalue weighted by Gasteiger charge is 2.22. The highest BCUT2D eigenvalue weighted by molar-refractivity contribution is 9.10. The molecule has 1 aliphatic rings. The van der Waals surface area contributed by atoms with E-state index in [-0.39, 0.29) is 16.7 Å². The van der Waals surface area contributed by atoms with E-state index in [9.17, 15) is 8.42 Å². The topological polar surface area (TPSA) is 58.2 Å². The number of halogens is 3. The van der Waals surface area contributed by atoms with Crippen LogP contribution in [-0.2, 0) is 10.0 Å². The van der Waals surface area contributed by atoms with Crippen LogP contribution >= 0.6 is 39.1 Å². The van der Waals surface area contributed by atoms with Crippen LogP contribution < -0.4 is 10.0 Å². The largest absolute Gasteiger partial charge is 0.317 e. The van der Waals surface area contributed by atoms with Crippen molar-refractivity contribution in [1.29, 1.82) is 0 Å². The first-order chi connectivity index (χ1) is 9.39. The van der Waals surface area contributed by atoms with Crippen LogP contribution in [0.25, 0.3) is 0 Å². The molecule has 0 bridgehead atoms. The van der Waals surface area contributed by atoms with E-state index in [1.54, 1.807) is 12.1 Å². The zero-order valence-corrected chi connectivity index (χ0v) is 14.5. The number of piperidine rings is 1. The third kappa shape index (κ3) is 4.24. The van der Waals surface area contributed by atoms with Gasteiger partial charge in [0.05, 0.1) is 21.5 Å². The van der Waals surface area contributed by atoms with Gasteiger partial charge in [0, 0.05) is 4.47 Å². The minimum atomic E-state index is -3.42. The molecule has 2 rings (SSSR count). The van der Waals surface area contributed by atoms with Crippen LogP contribution in [0.15, 0.2) is 16.6 Å². The van der Waals surface area contributed by atoms with Crippen LogP contribution in [0.2, 0.25) is 10.0 Å².